The van der Waals surface area contributed by atoms with Crippen molar-refractivity contribution in [3.8, 4) is 11.5 Å². The molecule has 1 heterocycles. The summed E-state index contributed by atoms with van der Waals surface area (Å²) in [7, 11) is -1.24. The van der Waals surface area contributed by atoms with Crippen LogP contribution in [0.3, 0.4) is 0 Å². The fourth-order valence-corrected chi connectivity index (χ4v) is 3.88. The molecule has 0 fully saturated rings. The number of amides is 1. The quantitative estimate of drug-likeness (QED) is 0.427. The van der Waals surface area contributed by atoms with Crippen molar-refractivity contribution in [3.63, 3.8) is 0 Å². The van der Waals surface area contributed by atoms with Crippen LogP contribution in [0.4, 0.5) is 5.69 Å². The van der Waals surface area contributed by atoms with E-state index in [4.69, 9.17) is 14.0 Å². The van der Waals surface area contributed by atoms with Crippen molar-refractivity contribution in [1.29, 1.82) is 0 Å². The zero-order chi connectivity index (χ0) is 26.2. The van der Waals surface area contributed by atoms with Gasteiger partial charge in [0.25, 0.3) is 16.0 Å². The molecule has 3 rings (SSSR count). The standard InChI is InChI=1S/C19H18N2O6S.C6H15N/c1-12-16(10-13-4-9-17(26-2)18(11-13)27-3)19(22)21(20-12)14-5-7-15(8-6-14)28(23,24)25;1-4-7(5-2)6-3/h4-11H,1-3H3,(H,23,24,25);4-6H2,1-3H3/b16-10+;. The van der Waals surface area contributed by atoms with Crippen molar-refractivity contribution in [2.24, 2.45) is 5.10 Å². The number of hydrazone groups is 1. The molecule has 0 atom stereocenters. The maximum absolute atomic E-state index is 12.8. The lowest BCUT2D eigenvalue weighted by Crippen LogP contribution is -2.21. The van der Waals surface area contributed by atoms with Crippen molar-refractivity contribution in [1.82, 2.24) is 4.90 Å². The Bertz CT molecular complexity index is 1180. The summed E-state index contributed by atoms with van der Waals surface area (Å²) in [6.07, 6.45) is 1.69. The molecule has 1 N–H and O–H groups in total. The van der Waals surface area contributed by atoms with Gasteiger partial charge in [0.2, 0.25) is 0 Å². The van der Waals surface area contributed by atoms with E-state index >= 15 is 0 Å². The molecular formula is C25H33N3O6S. The molecule has 0 aliphatic carbocycles. The van der Waals surface area contributed by atoms with Crippen molar-refractivity contribution < 1.29 is 27.2 Å². The average molecular weight is 504 g/mol. The number of carbonyl (C=O) groups excluding carboxylic acids is 1. The van der Waals surface area contributed by atoms with Crippen molar-refractivity contribution in [2.75, 3.05) is 38.9 Å². The second-order valence-corrected chi connectivity index (χ2v) is 8.98. The van der Waals surface area contributed by atoms with Crippen molar-refractivity contribution in [2.45, 2.75) is 32.6 Å². The van der Waals surface area contributed by atoms with E-state index in [1.54, 1.807) is 38.3 Å². The number of carbonyl (C=O) groups is 1. The average Bonchev–Trinajstić information content (AvgIpc) is 3.13. The molecule has 9 nitrogen and oxygen atoms in total. The summed E-state index contributed by atoms with van der Waals surface area (Å²) in [5.41, 5.74) is 2.02. The van der Waals surface area contributed by atoms with E-state index in [1.807, 2.05) is 0 Å². The summed E-state index contributed by atoms with van der Waals surface area (Å²) < 4.78 is 41.9. The van der Waals surface area contributed by atoms with Crippen molar-refractivity contribution in [3.05, 3.63) is 53.6 Å². The third-order valence-corrected chi connectivity index (χ3v) is 6.37. The zero-order valence-electron chi connectivity index (χ0n) is 21.0. The monoisotopic (exact) mass is 503 g/mol. The zero-order valence-corrected chi connectivity index (χ0v) is 21.8. The molecule has 1 amide bonds. The van der Waals surface area contributed by atoms with Crippen LogP contribution in [0.25, 0.3) is 6.08 Å². The molecule has 0 aromatic heterocycles. The summed E-state index contributed by atoms with van der Waals surface area (Å²) in [6.45, 7) is 11.8. The molecule has 10 heteroatoms. The van der Waals surface area contributed by atoms with Gasteiger partial charge in [-0.2, -0.15) is 18.5 Å². The Kier molecular flexibility index (Phi) is 10.00. The van der Waals surface area contributed by atoms with Crippen LogP contribution in [-0.4, -0.2) is 63.3 Å². The lowest BCUT2D eigenvalue weighted by atomic mass is 10.1. The normalized spacial score (nSPS) is 14.6. The Hall–Kier alpha value is -3.21. The molecule has 0 unspecified atom stereocenters. The largest absolute Gasteiger partial charge is 0.493 e. The van der Waals surface area contributed by atoms with Gasteiger partial charge in [-0.1, -0.05) is 26.8 Å². The summed E-state index contributed by atoms with van der Waals surface area (Å²) in [5, 5.41) is 5.43. The van der Waals surface area contributed by atoms with Gasteiger partial charge in [0.05, 0.1) is 36.1 Å². The summed E-state index contributed by atoms with van der Waals surface area (Å²) in [6, 6.07) is 10.5. The van der Waals surface area contributed by atoms with Crippen LogP contribution in [0.1, 0.15) is 33.3 Å². The van der Waals surface area contributed by atoms with E-state index in [0.29, 0.717) is 28.5 Å². The molecule has 0 radical (unpaired) electrons. The van der Waals surface area contributed by atoms with E-state index in [-0.39, 0.29) is 10.8 Å². The second kappa shape index (κ2) is 12.5. The molecule has 2 aromatic carbocycles. The van der Waals surface area contributed by atoms with Gasteiger partial charge in [-0.15, -0.1) is 0 Å². The number of ether oxygens (including phenoxy) is 2. The third kappa shape index (κ3) is 7.14. The molecule has 0 spiro atoms. The summed E-state index contributed by atoms with van der Waals surface area (Å²) in [5.74, 6) is 0.759. The highest BCUT2D eigenvalue weighted by Gasteiger charge is 2.29. The van der Waals surface area contributed by atoms with Crippen LogP contribution in [0, 0.1) is 0 Å². The molecule has 2 aromatic rings. The van der Waals surface area contributed by atoms with Crippen LogP contribution in [0.5, 0.6) is 11.5 Å². The molecule has 35 heavy (non-hydrogen) atoms. The lowest BCUT2D eigenvalue weighted by molar-refractivity contribution is -0.114. The molecular weight excluding hydrogens is 470 g/mol. The molecule has 0 bridgehead atoms. The van der Waals surface area contributed by atoms with Gasteiger partial charge in [-0.05, 0) is 74.6 Å². The molecule has 1 aliphatic rings. The van der Waals surface area contributed by atoms with Gasteiger partial charge in [-0.3, -0.25) is 9.35 Å². The van der Waals surface area contributed by atoms with E-state index in [9.17, 15) is 13.2 Å². The van der Waals surface area contributed by atoms with E-state index in [2.05, 4.69) is 30.8 Å². The van der Waals surface area contributed by atoms with Gasteiger partial charge < -0.3 is 14.4 Å². The van der Waals surface area contributed by atoms with Crippen LogP contribution < -0.4 is 14.5 Å². The third-order valence-electron chi connectivity index (χ3n) is 5.50. The number of hydrogen-bond acceptors (Lipinski definition) is 7. The number of methoxy groups -OCH3 is 2. The number of nitrogens with zero attached hydrogens (tertiary/aromatic N) is 3. The van der Waals surface area contributed by atoms with E-state index in [1.165, 1.54) is 56.0 Å². The lowest BCUT2D eigenvalue weighted by Gasteiger charge is -2.13. The van der Waals surface area contributed by atoms with Gasteiger partial charge in [0, 0.05) is 0 Å². The predicted octanol–water partition coefficient (Wildman–Crippen LogP) is 4.10. The van der Waals surface area contributed by atoms with Crippen LogP contribution in [0.15, 0.2) is 58.0 Å². The molecule has 1 aliphatic heterocycles. The Morgan fingerprint density at radius 3 is 2.00 bits per heavy atom. The molecule has 0 saturated heterocycles. The first-order valence-corrected chi connectivity index (χ1v) is 12.7. The first kappa shape index (κ1) is 28.0. The Morgan fingerprint density at radius 1 is 0.971 bits per heavy atom. The number of benzene rings is 2. The fourth-order valence-electron chi connectivity index (χ4n) is 3.40. The van der Waals surface area contributed by atoms with Gasteiger partial charge in [0.1, 0.15) is 0 Å². The number of anilines is 1. The fraction of sp³-hybridized carbons (Fsp3) is 0.360. The number of hydrogen-bond donors (Lipinski definition) is 1. The van der Waals surface area contributed by atoms with Crippen LogP contribution in [0.2, 0.25) is 0 Å². The van der Waals surface area contributed by atoms with E-state index in [0.717, 1.165) is 5.56 Å². The van der Waals surface area contributed by atoms with Gasteiger partial charge >= 0.3 is 0 Å². The maximum atomic E-state index is 12.8. The summed E-state index contributed by atoms with van der Waals surface area (Å²) in [4.78, 5) is 14.9. The highest BCUT2D eigenvalue weighted by molar-refractivity contribution is 7.85. The predicted molar refractivity (Wildman–Crippen MR) is 138 cm³/mol. The van der Waals surface area contributed by atoms with Crippen LogP contribution in [-0.2, 0) is 14.9 Å². The van der Waals surface area contributed by atoms with Crippen LogP contribution >= 0.6 is 0 Å². The maximum Gasteiger partial charge on any atom is 0.294 e. The van der Waals surface area contributed by atoms with E-state index < -0.39 is 10.1 Å². The van der Waals surface area contributed by atoms with Crippen molar-refractivity contribution >= 4 is 33.5 Å². The Morgan fingerprint density at radius 2 is 1.54 bits per heavy atom. The number of rotatable bonds is 8. The minimum absolute atomic E-state index is 0.260. The molecule has 0 saturated carbocycles. The summed E-state index contributed by atoms with van der Waals surface area (Å²) >= 11 is 0. The first-order chi connectivity index (χ1) is 16.6. The first-order valence-electron chi connectivity index (χ1n) is 11.2. The minimum atomic E-state index is -4.30. The highest BCUT2D eigenvalue weighted by Crippen LogP contribution is 2.30. The second-order valence-electron chi connectivity index (χ2n) is 7.56. The van der Waals surface area contributed by atoms with Gasteiger partial charge in [0.15, 0.2) is 11.5 Å². The minimum Gasteiger partial charge on any atom is -0.493 e. The Labute approximate surface area is 207 Å². The van der Waals surface area contributed by atoms with Gasteiger partial charge in [-0.25, -0.2) is 0 Å². The topological polar surface area (TPSA) is 109 Å². The SMILES string of the molecule is CCN(CC)CC.COc1ccc(/C=C2/C(=O)N(c3ccc(S(=O)(=O)O)cc3)N=C2C)cc1OC. The highest BCUT2D eigenvalue weighted by atomic mass is 32.2. The molecule has 190 valence electrons. The smallest absolute Gasteiger partial charge is 0.294 e. The Balaban J connectivity index is 0.000000540.